The molecular weight excluding hydrogens is 583 g/mol. The quantitative estimate of drug-likeness (QED) is 0.187. The summed E-state index contributed by atoms with van der Waals surface area (Å²) in [5.41, 5.74) is 9.47. The maximum atomic E-state index is 5.37. The Labute approximate surface area is 271 Å². The summed E-state index contributed by atoms with van der Waals surface area (Å²) >= 11 is 1.89. The van der Waals surface area contributed by atoms with Crippen LogP contribution >= 0.6 is 11.3 Å². The van der Waals surface area contributed by atoms with Gasteiger partial charge in [0, 0.05) is 56.2 Å². The van der Waals surface area contributed by atoms with Crippen LogP contribution in [0.5, 0.6) is 0 Å². The van der Waals surface area contributed by atoms with Gasteiger partial charge < -0.3 is 16.0 Å². The number of aliphatic imine (C=N–C) groups is 1. The van der Waals surface area contributed by atoms with Gasteiger partial charge in [-0.25, -0.2) is 4.99 Å². The predicted octanol–water partition coefficient (Wildman–Crippen LogP) is 8.49. The summed E-state index contributed by atoms with van der Waals surface area (Å²) in [5.74, 6) is 0.924. The Bertz CT molecular complexity index is 2330. The van der Waals surface area contributed by atoms with Crippen molar-refractivity contribution in [2.45, 2.75) is 6.17 Å². The first-order valence-electron chi connectivity index (χ1n) is 15.7. The predicted molar refractivity (Wildman–Crippen MR) is 194 cm³/mol. The smallest absolute Gasteiger partial charge is 0.146 e. The highest BCUT2D eigenvalue weighted by atomic mass is 32.1. The van der Waals surface area contributed by atoms with Crippen molar-refractivity contribution >= 4 is 49.1 Å². The van der Waals surface area contributed by atoms with Gasteiger partial charge >= 0.3 is 0 Å². The van der Waals surface area contributed by atoms with Crippen LogP contribution in [0, 0.1) is 0 Å². The second kappa shape index (κ2) is 11.1. The molecule has 6 aromatic rings. The maximum absolute atomic E-state index is 5.37. The Hall–Kier alpha value is -5.59. The summed E-state index contributed by atoms with van der Waals surface area (Å²) in [4.78, 5) is 6.67. The second-order valence-electron chi connectivity index (χ2n) is 11.7. The molecule has 5 heterocycles. The third kappa shape index (κ3) is 4.41. The van der Waals surface area contributed by atoms with Crippen molar-refractivity contribution in [1.82, 2.24) is 20.5 Å². The number of hydrogen-bond acceptors (Lipinski definition) is 5. The number of para-hydroxylation sites is 1. The molecule has 1 atom stereocenters. The van der Waals surface area contributed by atoms with Crippen molar-refractivity contribution in [2.75, 3.05) is 13.1 Å². The minimum Gasteiger partial charge on any atom is -0.387 e. The van der Waals surface area contributed by atoms with Gasteiger partial charge in [0.05, 0.1) is 11.0 Å². The Kier molecular flexibility index (Phi) is 6.46. The number of dihydropyridines is 2. The number of rotatable bonds is 4. The molecule has 0 radical (unpaired) electrons. The van der Waals surface area contributed by atoms with Crippen molar-refractivity contribution in [2.24, 2.45) is 4.99 Å². The zero-order chi connectivity index (χ0) is 30.5. The van der Waals surface area contributed by atoms with Crippen LogP contribution in [-0.4, -0.2) is 29.7 Å². The highest BCUT2D eigenvalue weighted by Crippen LogP contribution is 2.49. The number of fused-ring (bicyclic) bond motifs is 5. The third-order valence-corrected chi connectivity index (χ3v) is 10.2. The standard InChI is InChI=1S/C40H31N5S/c1-3-9-27(10-4-1)36-31-15-16-34-37(39(31)46-38(36)28-11-5-2-6-12-28)30-13-7-8-14-33(30)45(34)35-25-32(26-17-21-41-22-18-26)43-40(44-35)29-19-23-42-24-20-29/h1-21,23,25,40-43H,22,24H2. The second-order valence-corrected chi connectivity index (χ2v) is 12.7. The molecule has 1 unspecified atom stereocenters. The fourth-order valence-corrected chi connectivity index (χ4v) is 8.21. The van der Waals surface area contributed by atoms with Crippen LogP contribution in [0.1, 0.15) is 0 Å². The van der Waals surface area contributed by atoms with Crippen LogP contribution in [0.2, 0.25) is 0 Å². The number of nitrogens with zero attached hydrogens (tertiary/aromatic N) is 2. The van der Waals surface area contributed by atoms with Crippen molar-refractivity contribution in [1.29, 1.82) is 0 Å². The van der Waals surface area contributed by atoms with E-state index < -0.39 is 0 Å². The zero-order valence-corrected chi connectivity index (χ0v) is 25.9. The van der Waals surface area contributed by atoms with Crippen molar-refractivity contribution in [3.63, 3.8) is 0 Å². The van der Waals surface area contributed by atoms with Gasteiger partial charge in [-0.3, -0.25) is 4.57 Å². The lowest BCUT2D eigenvalue weighted by atomic mass is 9.98. The molecule has 46 heavy (non-hydrogen) atoms. The number of nitrogens with one attached hydrogen (secondary N) is 3. The average Bonchev–Trinajstić information content (AvgIpc) is 3.69. The largest absolute Gasteiger partial charge is 0.387 e. The van der Waals surface area contributed by atoms with E-state index >= 15 is 0 Å². The molecule has 0 spiro atoms. The summed E-state index contributed by atoms with van der Waals surface area (Å²) in [6, 6.07) is 35.0. The number of hydrogen-bond donors (Lipinski definition) is 3. The molecule has 5 nitrogen and oxygen atoms in total. The summed E-state index contributed by atoms with van der Waals surface area (Å²) < 4.78 is 3.66. The van der Waals surface area contributed by atoms with E-state index in [0.29, 0.717) is 0 Å². The van der Waals surface area contributed by atoms with E-state index in [4.69, 9.17) is 4.99 Å². The first kappa shape index (κ1) is 26.8. The molecule has 3 aliphatic rings. The summed E-state index contributed by atoms with van der Waals surface area (Å²) in [6.45, 7) is 1.59. The number of thiophene rings is 1. The van der Waals surface area contributed by atoms with Crippen LogP contribution in [0.3, 0.4) is 0 Å². The first-order chi connectivity index (χ1) is 22.8. The van der Waals surface area contributed by atoms with E-state index in [0.717, 1.165) is 46.8 Å². The lowest BCUT2D eigenvalue weighted by Gasteiger charge is -2.28. The average molecular weight is 614 g/mol. The molecule has 0 saturated carbocycles. The lowest BCUT2D eigenvalue weighted by Crippen LogP contribution is -2.36. The molecule has 3 N–H and O–H groups in total. The SMILES string of the molecule is C1=CC(C2=CC(n3c4ccccc4c4c5sc(-c6ccccc6)c(-c6ccccc6)c5ccc43)=NC(C3=CCNC=C3)N2)=CCN1. The molecule has 222 valence electrons. The van der Waals surface area contributed by atoms with Gasteiger partial charge in [0.1, 0.15) is 12.0 Å². The van der Waals surface area contributed by atoms with E-state index in [2.05, 4.69) is 148 Å². The monoisotopic (exact) mass is 613 g/mol. The van der Waals surface area contributed by atoms with Gasteiger partial charge in [-0.1, -0.05) is 97.1 Å². The molecule has 4 aromatic carbocycles. The van der Waals surface area contributed by atoms with Crippen LogP contribution < -0.4 is 16.0 Å². The van der Waals surface area contributed by atoms with E-state index in [9.17, 15) is 0 Å². The van der Waals surface area contributed by atoms with Crippen LogP contribution in [0.4, 0.5) is 0 Å². The van der Waals surface area contributed by atoms with Gasteiger partial charge in [-0.15, -0.1) is 11.3 Å². The molecule has 0 saturated heterocycles. The highest BCUT2D eigenvalue weighted by molar-refractivity contribution is 7.24. The molecule has 2 aromatic heterocycles. The van der Waals surface area contributed by atoms with Crippen molar-refractivity contribution < 1.29 is 0 Å². The summed E-state index contributed by atoms with van der Waals surface area (Å²) in [5, 5.41) is 14.1. The maximum Gasteiger partial charge on any atom is 0.146 e. The minimum atomic E-state index is -0.200. The van der Waals surface area contributed by atoms with Gasteiger partial charge in [0.15, 0.2) is 0 Å². The third-order valence-electron chi connectivity index (χ3n) is 8.94. The topological polar surface area (TPSA) is 53.4 Å². The molecule has 3 aliphatic heterocycles. The van der Waals surface area contributed by atoms with E-state index in [1.54, 1.807) is 0 Å². The summed E-state index contributed by atoms with van der Waals surface area (Å²) in [6.07, 6.45) is 14.7. The molecule has 0 amide bonds. The molecular formula is C40H31N5S. The van der Waals surface area contributed by atoms with E-state index in [1.165, 1.54) is 42.4 Å². The fraction of sp³-hybridized carbons (Fsp3) is 0.0750. The molecule has 9 rings (SSSR count). The fourth-order valence-electron chi connectivity index (χ4n) is 6.83. The van der Waals surface area contributed by atoms with Gasteiger partial charge in [-0.2, -0.15) is 0 Å². The minimum absolute atomic E-state index is 0.200. The van der Waals surface area contributed by atoms with E-state index in [1.807, 2.05) is 23.7 Å². The Morgan fingerprint density at radius 2 is 1.43 bits per heavy atom. The van der Waals surface area contributed by atoms with Crippen LogP contribution in [-0.2, 0) is 0 Å². The zero-order valence-electron chi connectivity index (χ0n) is 25.1. The number of benzene rings is 4. The Morgan fingerprint density at radius 3 is 2.20 bits per heavy atom. The number of aromatic nitrogens is 1. The van der Waals surface area contributed by atoms with Crippen LogP contribution in [0.15, 0.2) is 162 Å². The Balaban J connectivity index is 1.33. The molecule has 0 aliphatic carbocycles. The van der Waals surface area contributed by atoms with Gasteiger partial charge in [0.2, 0.25) is 0 Å². The van der Waals surface area contributed by atoms with Gasteiger partial charge in [0.25, 0.3) is 0 Å². The first-order valence-corrected chi connectivity index (χ1v) is 16.5. The van der Waals surface area contributed by atoms with Gasteiger partial charge in [-0.05, 0) is 59.0 Å². The van der Waals surface area contributed by atoms with Crippen molar-refractivity contribution in [3.8, 4) is 21.6 Å². The number of allylic oxidation sites excluding steroid dienone is 2. The molecule has 6 heteroatoms. The Morgan fingerprint density at radius 1 is 0.696 bits per heavy atom. The molecule has 0 fully saturated rings. The van der Waals surface area contributed by atoms with E-state index in [-0.39, 0.29) is 6.17 Å². The van der Waals surface area contributed by atoms with Crippen LogP contribution in [0.25, 0.3) is 53.5 Å². The van der Waals surface area contributed by atoms with Crippen molar-refractivity contribution in [3.05, 3.63) is 157 Å². The molecule has 0 bridgehead atoms. The highest BCUT2D eigenvalue weighted by Gasteiger charge is 2.26. The normalized spacial score (nSPS) is 17.6. The summed E-state index contributed by atoms with van der Waals surface area (Å²) in [7, 11) is 0. The lowest BCUT2D eigenvalue weighted by molar-refractivity contribution is 0.665.